The van der Waals surface area contributed by atoms with Crippen LogP contribution in [0.3, 0.4) is 0 Å². The molecule has 1 rings (SSSR count). The Morgan fingerprint density at radius 2 is 1.14 bits per heavy atom. The van der Waals surface area contributed by atoms with E-state index in [-0.39, 0.29) is 20.3 Å². The quantitative estimate of drug-likeness (QED) is 0.302. The van der Waals surface area contributed by atoms with E-state index in [1.54, 1.807) is 0 Å². The molecule has 0 bridgehead atoms. The number of piperazine rings is 1. The summed E-state index contributed by atoms with van der Waals surface area (Å²) in [4.78, 5) is 0. The summed E-state index contributed by atoms with van der Waals surface area (Å²) < 4.78 is 0. The van der Waals surface area contributed by atoms with Crippen LogP contribution in [0.2, 0.25) is 0 Å². The van der Waals surface area contributed by atoms with Crippen molar-refractivity contribution in [2.45, 2.75) is 0 Å². The molecule has 7 heavy (non-hydrogen) atoms. The third-order valence-corrected chi connectivity index (χ3v) is 0.957. The van der Waals surface area contributed by atoms with Gasteiger partial charge >= 0.3 is 18.9 Å². The summed E-state index contributed by atoms with van der Waals surface area (Å²) in [7, 11) is 0. The fourth-order valence-corrected chi connectivity index (χ4v) is 0.604. The number of rotatable bonds is 0. The number of nitrogens with one attached hydrogen (secondary N) is 2. The van der Waals surface area contributed by atoms with Crippen LogP contribution in [-0.4, -0.2) is 26.2 Å². The summed E-state index contributed by atoms with van der Waals surface area (Å²) in [5, 5.41) is 6.44. The van der Waals surface area contributed by atoms with E-state index in [4.69, 9.17) is 0 Å². The van der Waals surface area contributed by atoms with Crippen LogP contribution in [0.4, 0.5) is 0 Å². The van der Waals surface area contributed by atoms with Gasteiger partial charge in [-0.05, 0) is 0 Å². The van der Waals surface area contributed by atoms with Crippen LogP contribution < -0.4 is 29.5 Å². The average Bonchev–Trinajstić information content (AvgIpc) is 1.72. The molecule has 1 fully saturated rings. The Bertz CT molecular complexity index is 29.5. The van der Waals surface area contributed by atoms with Crippen molar-refractivity contribution in [3.63, 3.8) is 0 Å². The topological polar surface area (TPSA) is 24.1 Å². The molecular weight excluding hydrogens is 83.0 g/mol. The van der Waals surface area contributed by atoms with Gasteiger partial charge in [0.2, 0.25) is 0 Å². The van der Waals surface area contributed by atoms with Crippen LogP contribution in [0.1, 0.15) is 1.43 Å². The maximum absolute atomic E-state index is 3.22. The molecule has 0 saturated carbocycles. The van der Waals surface area contributed by atoms with E-state index in [1.165, 1.54) is 0 Å². The van der Waals surface area contributed by atoms with Crippen molar-refractivity contribution < 1.29 is 20.3 Å². The molecule has 2 nitrogen and oxygen atoms in total. The van der Waals surface area contributed by atoms with E-state index < -0.39 is 0 Å². The monoisotopic (exact) mass is 94.1 g/mol. The fourth-order valence-electron chi connectivity index (χ4n) is 0.604. The largest absolute Gasteiger partial charge is 1.00 e. The van der Waals surface area contributed by atoms with Crippen molar-refractivity contribution in [3.8, 4) is 0 Å². The zero-order valence-electron chi connectivity index (χ0n) is 5.83. The van der Waals surface area contributed by atoms with Crippen molar-refractivity contribution >= 4 is 0 Å². The molecule has 0 amide bonds. The van der Waals surface area contributed by atoms with Gasteiger partial charge in [0.05, 0.1) is 0 Å². The normalized spacial score (nSPS) is 20.6. The summed E-state index contributed by atoms with van der Waals surface area (Å²) >= 11 is 0. The Labute approximate surface area is 57.7 Å². The molecule has 2 N–H and O–H groups in total. The van der Waals surface area contributed by atoms with Gasteiger partial charge in [0.1, 0.15) is 0 Å². The Morgan fingerprint density at radius 3 is 1.29 bits per heavy atom. The number of hydrogen-bond acceptors (Lipinski definition) is 2. The third kappa shape index (κ3) is 3.13. The van der Waals surface area contributed by atoms with Crippen molar-refractivity contribution in [1.29, 1.82) is 0 Å². The van der Waals surface area contributed by atoms with Gasteiger partial charge in [-0.1, -0.05) is 0 Å². The van der Waals surface area contributed by atoms with Crippen LogP contribution in [0.15, 0.2) is 0 Å². The molecule has 3 heteroatoms. The Balaban J connectivity index is 0. The van der Waals surface area contributed by atoms with Crippen LogP contribution >= 0.6 is 0 Å². The molecule has 1 heterocycles. The first-order valence-electron chi connectivity index (χ1n) is 2.41. The maximum atomic E-state index is 3.22. The van der Waals surface area contributed by atoms with Crippen molar-refractivity contribution in [1.82, 2.24) is 10.6 Å². The predicted molar refractivity (Wildman–Crippen MR) is 26.9 cm³/mol. The minimum Gasteiger partial charge on any atom is -1.00 e. The number of hydrogen-bond donors (Lipinski definition) is 2. The average molecular weight is 94.1 g/mol. The van der Waals surface area contributed by atoms with Gasteiger partial charge in [-0.15, -0.1) is 0 Å². The smallest absolute Gasteiger partial charge is 1.00 e. The molecule has 0 unspecified atom stereocenters. The van der Waals surface area contributed by atoms with Gasteiger partial charge in [-0.2, -0.15) is 0 Å². The molecule has 0 aromatic rings. The molecule has 1 aliphatic rings. The summed E-state index contributed by atoms with van der Waals surface area (Å²) in [5.74, 6) is 0. The van der Waals surface area contributed by atoms with Crippen molar-refractivity contribution in [2.75, 3.05) is 26.2 Å². The van der Waals surface area contributed by atoms with Gasteiger partial charge < -0.3 is 12.1 Å². The summed E-state index contributed by atoms with van der Waals surface area (Å²) in [6.45, 7) is 4.56. The minimum absolute atomic E-state index is 0. The molecule has 0 atom stereocenters. The molecular formula is C4H11LiN2. The molecule has 1 saturated heterocycles. The molecule has 0 radical (unpaired) electrons. The standard InChI is InChI=1S/C4H10N2.Li.H/c1-2-6-4-3-5-1;;/h5-6H,1-4H2;;/q;+1;-1. The summed E-state index contributed by atoms with van der Waals surface area (Å²) in [6.07, 6.45) is 0. The van der Waals surface area contributed by atoms with Gasteiger partial charge in [-0.3, -0.25) is 0 Å². The Morgan fingerprint density at radius 1 is 0.857 bits per heavy atom. The van der Waals surface area contributed by atoms with Crippen LogP contribution in [0.5, 0.6) is 0 Å². The molecule has 0 aromatic heterocycles. The SMILES string of the molecule is C1CNCCN1.[H-].[Li+]. The van der Waals surface area contributed by atoms with E-state index in [0.717, 1.165) is 26.2 Å². The second-order valence-corrected chi connectivity index (χ2v) is 1.50. The van der Waals surface area contributed by atoms with E-state index in [1.807, 2.05) is 0 Å². The molecule has 38 valence electrons. The first kappa shape index (κ1) is 7.52. The molecule has 0 aromatic carbocycles. The van der Waals surface area contributed by atoms with Gasteiger partial charge in [0, 0.05) is 26.2 Å². The van der Waals surface area contributed by atoms with E-state index in [0.29, 0.717) is 0 Å². The predicted octanol–water partition coefficient (Wildman–Crippen LogP) is -3.70. The van der Waals surface area contributed by atoms with Crippen molar-refractivity contribution in [2.24, 2.45) is 0 Å². The fraction of sp³-hybridized carbons (Fsp3) is 1.00. The zero-order valence-corrected chi connectivity index (χ0v) is 4.83. The summed E-state index contributed by atoms with van der Waals surface area (Å²) in [6, 6.07) is 0. The van der Waals surface area contributed by atoms with E-state index in [2.05, 4.69) is 10.6 Å². The van der Waals surface area contributed by atoms with Crippen LogP contribution in [-0.2, 0) is 0 Å². The Kier molecular flexibility index (Phi) is 5.02. The second-order valence-electron chi connectivity index (χ2n) is 1.50. The van der Waals surface area contributed by atoms with E-state index in [9.17, 15) is 0 Å². The first-order chi connectivity index (χ1) is 3.00. The van der Waals surface area contributed by atoms with Gasteiger partial charge in [-0.25, -0.2) is 0 Å². The van der Waals surface area contributed by atoms with Crippen LogP contribution in [0, 0.1) is 0 Å². The van der Waals surface area contributed by atoms with Gasteiger partial charge in [0.15, 0.2) is 0 Å². The zero-order chi connectivity index (χ0) is 4.24. The second kappa shape index (κ2) is 4.67. The summed E-state index contributed by atoms with van der Waals surface area (Å²) in [5.41, 5.74) is 0. The molecule has 0 aliphatic carbocycles. The molecule has 0 spiro atoms. The first-order valence-corrected chi connectivity index (χ1v) is 2.41. The van der Waals surface area contributed by atoms with Gasteiger partial charge in [0.25, 0.3) is 0 Å². The molecule has 1 aliphatic heterocycles. The minimum atomic E-state index is 0. The van der Waals surface area contributed by atoms with E-state index >= 15 is 0 Å². The third-order valence-electron chi connectivity index (χ3n) is 0.957. The Hall–Kier alpha value is 0.517. The van der Waals surface area contributed by atoms with Crippen molar-refractivity contribution in [3.05, 3.63) is 0 Å². The van der Waals surface area contributed by atoms with Crippen LogP contribution in [0.25, 0.3) is 0 Å². The maximum Gasteiger partial charge on any atom is 1.00 e.